The van der Waals surface area contributed by atoms with Crippen molar-refractivity contribution in [3.05, 3.63) is 24.3 Å². The van der Waals surface area contributed by atoms with Crippen molar-refractivity contribution in [2.75, 3.05) is 6.61 Å². The molecule has 0 N–H and O–H groups in total. The summed E-state index contributed by atoms with van der Waals surface area (Å²) >= 11 is 0. The predicted octanol–water partition coefficient (Wildman–Crippen LogP) is 3.72. The first kappa shape index (κ1) is 23.3. The van der Waals surface area contributed by atoms with Crippen LogP contribution in [0.2, 0.25) is 0 Å². The van der Waals surface area contributed by atoms with Crippen molar-refractivity contribution in [2.24, 2.45) is 0 Å². The van der Waals surface area contributed by atoms with Gasteiger partial charge in [0.25, 0.3) is 0 Å². The molecule has 0 fully saturated rings. The summed E-state index contributed by atoms with van der Waals surface area (Å²) < 4.78 is 77.2. The standard InChI is InChI=1S/C7H9F3O2.C6H7F3O2/c1-4(2)6(11)12-5(3)7(8,9)10;1-4(2)5(10)11-3-6(7,8)9/h5H,1H2,2-3H3;1,3H2,2H3. The van der Waals surface area contributed by atoms with Crippen LogP contribution in [0.5, 0.6) is 0 Å². The number of ether oxygens (including phenoxy) is 2. The highest BCUT2D eigenvalue weighted by atomic mass is 19.4. The van der Waals surface area contributed by atoms with Crippen LogP contribution < -0.4 is 0 Å². The van der Waals surface area contributed by atoms with E-state index in [1.165, 1.54) is 13.8 Å². The topological polar surface area (TPSA) is 52.6 Å². The van der Waals surface area contributed by atoms with Crippen molar-refractivity contribution >= 4 is 11.9 Å². The van der Waals surface area contributed by atoms with E-state index in [0.29, 0.717) is 0 Å². The Balaban J connectivity index is 0. The van der Waals surface area contributed by atoms with Gasteiger partial charge in [0.15, 0.2) is 12.7 Å². The first-order valence-corrected chi connectivity index (χ1v) is 5.90. The fourth-order valence-corrected chi connectivity index (χ4v) is 0.599. The minimum absolute atomic E-state index is 0.0470. The molecule has 0 aliphatic carbocycles. The molecule has 1 unspecified atom stereocenters. The average molecular weight is 350 g/mol. The Hall–Kier alpha value is -2.00. The van der Waals surface area contributed by atoms with E-state index < -0.39 is 37.0 Å². The number of halogens is 6. The second-order valence-corrected chi connectivity index (χ2v) is 4.34. The largest absolute Gasteiger partial charge is 0.453 e. The van der Waals surface area contributed by atoms with Gasteiger partial charge in [-0.25, -0.2) is 9.59 Å². The zero-order chi connectivity index (χ0) is 19.0. The molecule has 0 amide bonds. The van der Waals surface area contributed by atoms with Crippen molar-refractivity contribution < 1.29 is 45.4 Å². The normalized spacial score (nSPS) is 12.4. The number of carbonyl (C=O) groups is 2. The van der Waals surface area contributed by atoms with Crippen LogP contribution in [0.3, 0.4) is 0 Å². The fourth-order valence-electron chi connectivity index (χ4n) is 0.599. The summed E-state index contributed by atoms with van der Waals surface area (Å²) in [6, 6.07) is 0. The van der Waals surface area contributed by atoms with E-state index in [0.717, 1.165) is 6.92 Å². The van der Waals surface area contributed by atoms with Crippen LogP contribution in [-0.4, -0.2) is 37.0 Å². The van der Waals surface area contributed by atoms with Gasteiger partial charge in [0.05, 0.1) is 0 Å². The maximum atomic E-state index is 11.8. The minimum atomic E-state index is -4.51. The lowest BCUT2D eigenvalue weighted by Gasteiger charge is -2.15. The van der Waals surface area contributed by atoms with Crippen LogP contribution in [0.4, 0.5) is 26.3 Å². The Morgan fingerprint density at radius 2 is 1.35 bits per heavy atom. The van der Waals surface area contributed by atoms with Gasteiger partial charge in [0.1, 0.15) is 0 Å². The first-order chi connectivity index (χ1) is 10.1. The van der Waals surface area contributed by atoms with Crippen molar-refractivity contribution in [1.82, 2.24) is 0 Å². The number of carbonyl (C=O) groups excluding carboxylic acids is 2. The van der Waals surface area contributed by atoms with Gasteiger partial charge < -0.3 is 9.47 Å². The third-order valence-electron chi connectivity index (χ3n) is 1.81. The van der Waals surface area contributed by atoms with Gasteiger partial charge in [-0.1, -0.05) is 13.2 Å². The molecule has 0 heterocycles. The molecule has 0 aliphatic heterocycles. The van der Waals surface area contributed by atoms with Crippen molar-refractivity contribution in [1.29, 1.82) is 0 Å². The van der Waals surface area contributed by atoms with Crippen molar-refractivity contribution in [3.63, 3.8) is 0 Å². The van der Waals surface area contributed by atoms with E-state index in [1.807, 2.05) is 0 Å². The maximum Gasteiger partial charge on any atom is 0.425 e. The van der Waals surface area contributed by atoms with Gasteiger partial charge >= 0.3 is 24.3 Å². The molecular formula is C13H16F6O4. The molecule has 0 saturated carbocycles. The van der Waals surface area contributed by atoms with Gasteiger partial charge in [-0.05, 0) is 20.8 Å². The summed E-state index contributed by atoms with van der Waals surface area (Å²) in [5, 5.41) is 0. The summed E-state index contributed by atoms with van der Waals surface area (Å²) in [7, 11) is 0. The highest BCUT2D eigenvalue weighted by molar-refractivity contribution is 5.87. The van der Waals surface area contributed by atoms with Gasteiger partial charge in [0, 0.05) is 11.1 Å². The Morgan fingerprint density at radius 1 is 0.957 bits per heavy atom. The molecule has 23 heavy (non-hydrogen) atoms. The molecule has 0 aliphatic rings. The van der Waals surface area contributed by atoms with Gasteiger partial charge in [0.2, 0.25) is 0 Å². The lowest BCUT2D eigenvalue weighted by molar-refractivity contribution is -0.213. The molecule has 0 rings (SSSR count). The highest BCUT2D eigenvalue weighted by Gasteiger charge is 2.39. The Kier molecular flexibility index (Phi) is 9.32. The monoisotopic (exact) mass is 350 g/mol. The number of rotatable bonds is 4. The van der Waals surface area contributed by atoms with E-state index in [2.05, 4.69) is 22.6 Å². The van der Waals surface area contributed by atoms with E-state index >= 15 is 0 Å². The number of esters is 2. The molecular weight excluding hydrogens is 334 g/mol. The van der Waals surface area contributed by atoms with Crippen LogP contribution in [0.25, 0.3) is 0 Å². The lowest BCUT2D eigenvalue weighted by Crippen LogP contribution is -2.30. The van der Waals surface area contributed by atoms with Crippen LogP contribution in [-0.2, 0) is 19.1 Å². The van der Waals surface area contributed by atoms with Crippen LogP contribution in [0.15, 0.2) is 24.3 Å². The van der Waals surface area contributed by atoms with Crippen molar-refractivity contribution in [3.8, 4) is 0 Å². The summed E-state index contributed by atoms with van der Waals surface area (Å²) in [5.74, 6) is -2.05. The zero-order valence-electron chi connectivity index (χ0n) is 12.6. The molecule has 0 aromatic carbocycles. The van der Waals surface area contributed by atoms with E-state index in [4.69, 9.17) is 0 Å². The molecule has 4 nitrogen and oxygen atoms in total. The molecule has 0 bridgehead atoms. The van der Waals surface area contributed by atoms with E-state index in [9.17, 15) is 35.9 Å². The van der Waals surface area contributed by atoms with Gasteiger partial charge in [-0.2, -0.15) is 26.3 Å². The van der Waals surface area contributed by atoms with Crippen molar-refractivity contribution in [2.45, 2.75) is 39.2 Å². The van der Waals surface area contributed by atoms with Crippen LogP contribution >= 0.6 is 0 Å². The van der Waals surface area contributed by atoms with Gasteiger partial charge in [-0.3, -0.25) is 0 Å². The molecule has 0 saturated heterocycles. The SMILES string of the molecule is C=C(C)C(=O)OC(C)C(F)(F)F.C=C(C)C(=O)OCC(F)(F)F. The minimum Gasteiger partial charge on any atom is -0.453 e. The molecule has 0 radical (unpaired) electrons. The highest BCUT2D eigenvalue weighted by Crippen LogP contribution is 2.22. The number of alkyl halides is 6. The first-order valence-electron chi connectivity index (χ1n) is 5.90. The smallest absolute Gasteiger partial charge is 0.425 e. The lowest BCUT2D eigenvalue weighted by atomic mass is 10.3. The summed E-state index contributed by atoms with van der Waals surface area (Å²) in [5.41, 5.74) is -0.0969. The summed E-state index contributed by atoms with van der Waals surface area (Å²) in [6.07, 6.45) is -11.1. The molecule has 1 atom stereocenters. The van der Waals surface area contributed by atoms with Crippen LogP contribution in [0, 0.1) is 0 Å². The molecule has 0 aromatic rings. The average Bonchev–Trinajstić information content (AvgIpc) is 2.34. The Morgan fingerprint density at radius 3 is 1.61 bits per heavy atom. The third-order valence-corrected chi connectivity index (χ3v) is 1.81. The quantitative estimate of drug-likeness (QED) is 0.440. The van der Waals surface area contributed by atoms with Gasteiger partial charge in [-0.15, -0.1) is 0 Å². The summed E-state index contributed by atoms with van der Waals surface area (Å²) in [6.45, 7) is 8.03. The predicted molar refractivity (Wildman–Crippen MR) is 68.3 cm³/mol. The molecule has 10 heteroatoms. The zero-order valence-corrected chi connectivity index (χ0v) is 12.6. The molecule has 0 aromatic heterocycles. The second kappa shape index (κ2) is 9.21. The fraction of sp³-hybridized carbons (Fsp3) is 0.538. The Labute approximate surface area is 128 Å². The Bertz CT molecular complexity index is 450. The maximum absolute atomic E-state index is 11.8. The molecule has 134 valence electrons. The number of hydrogen-bond donors (Lipinski definition) is 0. The van der Waals surface area contributed by atoms with Crippen LogP contribution in [0.1, 0.15) is 20.8 Å². The molecule has 0 spiro atoms. The number of hydrogen-bond acceptors (Lipinski definition) is 4. The third kappa shape index (κ3) is 13.4. The summed E-state index contributed by atoms with van der Waals surface area (Å²) in [4.78, 5) is 20.9. The second-order valence-electron chi connectivity index (χ2n) is 4.34. The van der Waals surface area contributed by atoms with E-state index in [-0.39, 0.29) is 11.1 Å². The van der Waals surface area contributed by atoms with E-state index in [1.54, 1.807) is 0 Å².